The fourth-order valence-electron chi connectivity index (χ4n) is 3.45. The summed E-state index contributed by atoms with van der Waals surface area (Å²) in [6.45, 7) is 4.36. The van der Waals surface area contributed by atoms with E-state index < -0.39 is 0 Å². The fourth-order valence-corrected chi connectivity index (χ4v) is 4.32. The first-order chi connectivity index (χ1) is 14.3. The number of nitrogens with zero attached hydrogens (tertiary/aromatic N) is 3. The zero-order chi connectivity index (χ0) is 20.3. The molecule has 1 unspecified atom stereocenters. The van der Waals surface area contributed by atoms with Crippen molar-refractivity contribution in [2.45, 2.75) is 17.4 Å². The summed E-state index contributed by atoms with van der Waals surface area (Å²) in [5.74, 6) is 1.08. The van der Waals surface area contributed by atoms with Crippen LogP contribution in [0.15, 0.2) is 65.6 Å². The van der Waals surface area contributed by atoms with Crippen molar-refractivity contribution >= 4 is 17.7 Å². The molecule has 5 nitrogen and oxygen atoms in total. The third-order valence-electron chi connectivity index (χ3n) is 5.03. The van der Waals surface area contributed by atoms with E-state index >= 15 is 0 Å². The molecular weight excluding hydrogens is 380 g/mol. The van der Waals surface area contributed by atoms with Crippen molar-refractivity contribution in [3.8, 4) is 6.07 Å². The first-order valence-corrected chi connectivity index (χ1v) is 11.1. The van der Waals surface area contributed by atoms with E-state index in [1.165, 1.54) is 4.90 Å². The lowest BCUT2D eigenvalue weighted by Crippen LogP contribution is -2.50. The largest absolute Gasteiger partial charge is 0.355 e. The molecule has 1 aliphatic heterocycles. The number of nitriles is 1. The quantitative estimate of drug-likeness (QED) is 0.510. The average molecular weight is 409 g/mol. The van der Waals surface area contributed by atoms with Crippen LogP contribution < -0.4 is 5.32 Å². The van der Waals surface area contributed by atoms with Crippen LogP contribution in [0.2, 0.25) is 0 Å². The Hall–Kier alpha value is -2.33. The maximum atomic E-state index is 12.2. The lowest BCUT2D eigenvalue weighted by atomic mass is 10.1. The van der Waals surface area contributed by atoms with Crippen molar-refractivity contribution < 1.29 is 4.79 Å². The van der Waals surface area contributed by atoms with Gasteiger partial charge in [0.05, 0.1) is 12.6 Å². The molecule has 2 aromatic rings. The molecule has 1 atom stereocenters. The smallest absolute Gasteiger partial charge is 0.234 e. The molecule has 0 saturated carbocycles. The maximum Gasteiger partial charge on any atom is 0.234 e. The zero-order valence-electron chi connectivity index (χ0n) is 16.7. The van der Waals surface area contributed by atoms with Gasteiger partial charge in [0, 0.05) is 37.6 Å². The van der Waals surface area contributed by atoms with Crippen molar-refractivity contribution in [2.75, 3.05) is 45.0 Å². The van der Waals surface area contributed by atoms with Crippen LogP contribution in [-0.4, -0.2) is 60.7 Å². The molecule has 1 heterocycles. The van der Waals surface area contributed by atoms with Crippen LogP contribution in [0.5, 0.6) is 0 Å². The highest BCUT2D eigenvalue weighted by Crippen LogP contribution is 2.21. The summed E-state index contributed by atoms with van der Waals surface area (Å²) in [7, 11) is 0. The van der Waals surface area contributed by atoms with Gasteiger partial charge < -0.3 is 5.32 Å². The topological polar surface area (TPSA) is 59.4 Å². The van der Waals surface area contributed by atoms with Gasteiger partial charge in [0.1, 0.15) is 6.04 Å². The van der Waals surface area contributed by atoms with Crippen LogP contribution >= 0.6 is 11.8 Å². The molecule has 152 valence electrons. The number of piperazine rings is 1. The summed E-state index contributed by atoms with van der Waals surface area (Å²) >= 11 is 1.82. The van der Waals surface area contributed by atoms with Crippen LogP contribution in [0.3, 0.4) is 0 Å². The van der Waals surface area contributed by atoms with Crippen LogP contribution in [-0.2, 0) is 4.79 Å². The van der Waals surface area contributed by atoms with Gasteiger partial charge in [0.2, 0.25) is 5.91 Å². The minimum absolute atomic E-state index is 0.0862. The van der Waals surface area contributed by atoms with Crippen molar-refractivity contribution in [3.63, 3.8) is 0 Å². The van der Waals surface area contributed by atoms with E-state index in [0.29, 0.717) is 13.1 Å². The molecule has 2 aromatic carbocycles. The normalized spacial score (nSPS) is 16.1. The molecule has 0 aromatic heterocycles. The summed E-state index contributed by atoms with van der Waals surface area (Å²) in [6.07, 6.45) is 0.958. The van der Waals surface area contributed by atoms with E-state index in [1.54, 1.807) is 0 Å². The Morgan fingerprint density at radius 1 is 1.03 bits per heavy atom. The molecule has 0 aliphatic carbocycles. The lowest BCUT2D eigenvalue weighted by Gasteiger charge is -2.36. The van der Waals surface area contributed by atoms with Gasteiger partial charge in [0.15, 0.2) is 0 Å². The van der Waals surface area contributed by atoms with Crippen molar-refractivity contribution in [1.29, 1.82) is 5.26 Å². The number of hydrogen-bond acceptors (Lipinski definition) is 5. The van der Waals surface area contributed by atoms with Gasteiger partial charge in [-0.2, -0.15) is 5.26 Å². The van der Waals surface area contributed by atoms with Gasteiger partial charge in [-0.1, -0.05) is 48.5 Å². The molecule has 1 N–H and O–H groups in total. The number of carbonyl (C=O) groups excluding carboxylic acids is 1. The molecule has 1 saturated heterocycles. The fraction of sp³-hybridized carbons (Fsp3) is 0.391. The molecule has 0 spiro atoms. The maximum absolute atomic E-state index is 12.2. The van der Waals surface area contributed by atoms with Crippen molar-refractivity contribution in [3.05, 3.63) is 66.2 Å². The molecule has 6 heteroatoms. The average Bonchev–Trinajstić information content (AvgIpc) is 2.77. The van der Waals surface area contributed by atoms with Crippen molar-refractivity contribution in [1.82, 2.24) is 15.1 Å². The van der Waals surface area contributed by atoms with Gasteiger partial charge >= 0.3 is 0 Å². The molecule has 1 amide bonds. The number of hydrogen-bond donors (Lipinski definition) is 1. The van der Waals surface area contributed by atoms with E-state index in [4.69, 9.17) is 0 Å². The van der Waals surface area contributed by atoms with E-state index in [2.05, 4.69) is 33.3 Å². The second-order valence-electron chi connectivity index (χ2n) is 7.12. The Labute approximate surface area is 177 Å². The van der Waals surface area contributed by atoms with E-state index in [-0.39, 0.29) is 11.9 Å². The number of nitrogens with one attached hydrogen (secondary N) is 1. The summed E-state index contributed by atoms with van der Waals surface area (Å²) < 4.78 is 0. The molecule has 0 bridgehead atoms. The Morgan fingerprint density at radius 3 is 2.34 bits per heavy atom. The van der Waals surface area contributed by atoms with E-state index in [0.717, 1.165) is 43.9 Å². The molecule has 0 radical (unpaired) electrons. The molecule has 1 aliphatic rings. The van der Waals surface area contributed by atoms with Crippen LogP contribution in [0.1, 0.15) is 18.0 Å². The summed E-state index contributed by atoms with van der Waals surface area (Å²) in [5, 5.41) is 12.6. The van der Waals surface area contributed by atoms with E-state index in [1.807, 2.05) is 60.3 Å². The second-order valence-corrected chi connectivity index (χ2v) is 8.29. The SMILES string of the molecule is N#CC(c1ccccc1)N1CCN(CC(=O)NCCCSc2ccccc2)CC1. The number of benzene rings is 2. The minimum Gasteiger partial charge on any atom is -0.355 e. The highest BCUT2D eigenvalue weighted by molar-refractivity contribution is 7.99. The first kappa shape index (κ1) is 21.4. The van der Waals surface area contributed by atoms with Gasteiger partial charge in [-0.15, -0.1) is 11.8 Å². The zero-order valence-corrected chi connectivity index (χ0v) is 17.5. The van der Waals surface area contributed by atoms with Gasteiger partial charge in [-0.25, -0.2) is 0 Å². The van der Waals surface area contributed by atoms with Crippen molar-refractivity contribution in [2.24, 2.45) is 0 Å². The third kappa shape index (κ3) is 6.90. The Balaban J connectivity index is 1.32. The predicted octanol–water partition coefficient (Wildman–Crippen LogP) is 3.17. The monoisotopic (exact) mass is 408 g/mol. The number of carbonyl (C=O) groups is 1. The first-order valence-electron chi connectivity index (χ1n) is 10.1. The van der Waals surface area contributed by atoms with Crippen LogP contribution in [0.4, 0.5) is 0 Å². The second kappa shape index (κ2) is 11.6. The van der Waals surface area contributed by atoms with Gasteiger partial charge in [-0.3, -0.25) is 14.6 Å². The van der Waals surface area contributed by atoms with Crippen LogP contribution in [0, 0.1) is 11.3 Å². The molecule has 29 heavy (non-hydrogen) atoms. The Kier molecular flexibility index (Phi) is 8.57. The van der Waals surface area contributed by atoms with E-state index in [9.17, 15) is 10.1 Å². The highest BCUT2D eigenvalue weighted by Gasteiger charge is 2.25. The van der Waals surface area contributed by atoms with Gasteiger partial charge in [0.25, 0.3) is 0 Å². The van der Waals surface area contributed by atoms with Crippen LogP contribution in [0.25, 0.3) is 0 Å². The Morgan fingerprint density at radius 2 is 1.69 bits per heavy atom. The summed E-state index contributed by atoms with van der Waals surface area (Å²) in [4.78, 5) is 17.8. The molecular formula is C23H28N4OS. The number of rotatable bonds is 9. The van der Waals surface area contributed by atoms with Gasteiger partial charge in [-0.05, 0) is 29.9 Å². The predicted molar refractivity (Wildman–Crippen MR) is 118 cm³/mol. The Bertz CT molecular complexity index is 786. The lowest BCUT2D eigenvalue weighted by molar-refractivity contribution is -0.122. The summed E-state index contributed by atoms with van der Waals surface area (Å²) in [6, 6.07) is 22.4. The molecule has 3 rings (SSSR count). The number of amides is 1. The molecule has 1 fully saturated rings. The standard InChI is InChI=1S/C23H28N4OS/c24-18-22(20-8-3-1-4-9-20)27-15-13-26(14-16-27)19-23(28)25-12-7-17-29-21-10-5-2-6-11-21/h1-6,8-11,22H,7,12-17,19H2,(H,25,28). The number of thioether (sulfide) groups is 1. The highest BCUT2D eigenvalue weighted by atomic mass is 32.2. The third-order valence-corrected chi connectivity index (χ3v) is 6.13. The summed E-state index contributed by atoms with van der Waals surface area (Å²) in [5.41, 5.74) is 1.04. The minimum atomic E-state index is -0.214.